The fourth-order valence-electron chi connectivity index (χ4n) is 2.49. The van der Waals surface area contributed by atoms with E-state index in [1.165, 1.54) is 12.8 Å². The number of terminal acetylenes is 1. The van der Waals surface area contributed by atoms with E-state index >= 15 is 0 Å². The van der Waals surface area contributed by atoms with Crippen LogP contribution >= 0.6 is 0 Å². The van der Waals surface area contributed by atoms with Gasteiger partial charge in [0, 0.05) is 38.2 Å². The van der Waals surface area contributed by atoms with Crippen LogP contribution in [0.25, 0.3) is 0 Å². The van der Waals surface area contributed by atoms with E-state index in [2.05, 4.69) is 41.9 Å². The molecule has 100 valence electrons. The van der Waals surface area contributed by atoms with Crippen LogP contribution in [0.3, 0.4) is 0 Å². The molecule has 1 aliphatic rings. The first kappa shape index (κ1) is 14.9. The fourth-order valence-corrected chi connectivity index (χ4v) is 2.49. The van der Waals surface area contributed by atoms with E-state index in [0.717, 1.165) is 31.5 Å². The van der Waals surface area contributed by atoms with Gasteiger partial charge >= 0.3 is 0 Å². The molecule has 1 aliphatic heterocycles. The number of likely N-dealkylation sites (tertiary alicyclic amines) is 1. The molecule has 1 heterocycles. The second-order valence-corrected chi connectivity index (χ2v) is 5.16. The monoisotopic (exact) mass is 246 g/mol. The lowest BCUT2D eigenvalue weighted by Crippen LogP contribution is -2.40. The van der Waals surface area contributed by atoms with Crippen LogP contribution in [-0.2, 0) is 0 Å². The molecular formula is C16H26N2. The second kappa shape index (κ2) is 8.00. The van der Waals surface area contributed by atoms with Gasteiger partial charge in [-0.15, -0.1) is 12.3 Å². The van der Waals surface area contributed by atoms with Gasteiger partial charge in [0.15, 0.2) is 0 Å². The Morgan fingerprint density at radius 1 is 1.56 bits per heavy atom. The lowest BCUT2D eigenvalue weighted by atomic mass is 9.90. The summed E-state index contributed by atoms with van der Waals surface area (Å²) in [6.45, 7) is 5.17. The van der Waals surface area contributed by atoms with Crippen molar-refractivity contribution < 1.29 is 0 Å². The first-order chi connectivity index (χ1) is 8.67. The number of unbranched alkanes of at least 4 members (excludes halogenated alkanes) is 1. The number of hydrogen-bond acceptors (Lipinski definition) is 2. The van der Waals surface area contributed by atoms with E-state index in [4.69, 9.17) is 6.42 Å². The highest BCUT2D eigenvalue weighted by Gasteiger charge is 2.24. The molecule has 0 saturated carbocycles. The molecule has 0 amide bonds. The Kier molecular flexibility index (Phi) is 6.60. The van der Waals surface area contributed by atoms with E-state index in [-0.39, 0.29) is 0 Å². The van der Waals surface area contributed by atoms with Gasteiger partial charge in [0.2, 0.25) is 0 Å². The molecular weight excluding hydrogens is 220 g/mol. The first-order valence-corrected chi connectivity index (χ1v) is 6.83. The highest BCUT2D eigenvalue weighted by Crippen LogP contribution is 2.25. The summed E-state index contributed by atoms with van der Waals surface area (Å²) >= 11 is 0. The van der Waals surface area contributed by atoms with Gasteiger partial charge in [-0.1, -0.05) is 18.7 Å². The zero-order chi connectivity index (χ0) is 13.4. The van der Waals surface area contributed by atoms with Crippen LogP contribution in [0.1, 0.15) is 32.1 Å². The van der Waals surface area contributed by atoms with Crippen molar-refractivity contribution in [1.29, 1.82) is 0 Å². The smallest absolute Gasteiger partial charge is 0.0147 e. The number of piperidine rings is 1. The summed E-state index contributed by atoms with van der Waals surface area (Å²) in [5.41, 5.74) is 1.13. The molecule has 0 aromatic rings. The average Bonchev–Trinajstić information content (AvgIpc) is 2.37. The van der Waals surface area contributed by atoms with Gasteiger partial charge < -0.3 is 10.2 Å². The molecule has 0 bridgehead atoms. The maximum absolute atomic E-state index is 5.24. The van der Waals surface area contributed by atoms with Crippen LogP contribution in [0.15, 0.2) is 24.4 Å². The molecule has 0 aliphatic carbocycles. The van der Waals surface area contributed by atoms with Gasteiger partial charge in [0.1, 0.15) is 0 Å². The molecule has 2 nitrogen and oxygen atoms in total. The molecule has 0 aromatic carbocycles. The van der Waals surface area contributed by atoms with Gasteiger partial charge in [0.05, 0.1) is 0 Å². The Morgan fingerprint density at radius 3 is 2.94 bits per heavy atom. The molecule has 0 radical (unpaired) electrons. The predicted octanol–water partition coefficient (Wildman–Crippen LogP) is 2.79. The fraction of sp³-hybridized carbons (Fsp3) is 0.625. The van der Waals surface area contributed by atoms with Gasteiger partial charge in [-0.2, -0.15) is 0 Å². The SMILES string of the molecule is C#CCC/C=C/C1CCC(CC(=C)NC)N(C)C1. The molecule has 1 fully saturated rings. The van der Waals surface area contributed by atoms with Crippen LogP contribution in [-0.4, -0.2) is 31.6 Å². The van der Waals surface area contributed by atoms with Crippen LogP contribution in [0, 0.1) is 18.3 Å². The third-order valence-corrected chi connectivity index (χ3v) is 3.72. The van der Waals surface area contributed by atoms with Crippen molar-refractivity contribution in [2.45, 2.75) is 38.1 Å². The number of allylic oxidation sites excluding steroid dienone is 1. The molecule has 18 heavy (non-hydrogen) atoms. The number of hydrogen-bond donors (Lipinski definition) is 1. The number of nitrogens with one attached hydrogen (secondary N) is 1. The minimum Gasteiger partial charge on any atom is -0.392 e. The maximum atomic E-state index is 5.24. The molecule has 1 rings (SSSR count). The van der Waals surface area contributed by atoms with Crippen molar-refractivity contribution in [2.75, 3.05) is 20.6 Å². The van der Waals surface area contributed by atoms with Crippen molar-refractivity contribution in [3.63, 3.8) is 0 Å². The normalized spacial score (nSPS) is 24.9. The molecule has 0 spiro atoms. The summed E-state index contributed by atoms with van der Waals surface area (Å²) in [7, 11) is 4.16. The molecule has 2 heteroatoms. The Balaban J connectivity index is 2.34. The van der Waals surface area contributed by atoms with Gasteiger partial charge in [-0.3, -0.25) is 0 Å². The highest BCUT2D eigenvalue weighted by molar-refractivity contribution is 4.99. The minimum atomic E-state index is 0.639. The van der Waals surface area contributed by atoms with Crippen molar-refractivity contribution in [1.82, 2.24) is 10.2 Å². The molecule has 0 aromatic heterocycles. The maximum Gasteiger partial charge on any atom is 0.0147 e. The number of nitrogens with zero attached hydrogens (tertiary/aromatic N) is 1. The van der Waals surface area contributed by atoms with Crippen LogP contribution in [0.4, 0.5) is 0 Å². The van der Waals surface area contributed by atoms with Crippen molar-refractivity contribution in [2.24, 2.45) is 5.92 Å². The Morgan fingerprint density at radius 2 is 2.33 bits per heavy atom. The van der Waals surface area contributed by atoms with E-state index in [1.807, 2.05) is 7.05 Å². The Labute approximate surface area is 112 Å². The van der Waals surface area contributed by atoms with Crippen molar-refractivity contribution in [3.05, 3.63) is 24.4 Å². The topological polar surface area (TPSA) is 15.3 Å². The highest BCUT2D eigenvalue weighted by atomic mass is 15.1. The standard InChI is InChI=1S/C16H26N2/c1-5-6-7-8-9-15-10-11-16(18(4)13-15)12-14(2)17-3/h1,8-9,15-17H,2,6-7,10-13H2,3-4H3/b9-8+. The largest absolute Gasteiger partial charge is 0.392 e. The van der Waals surface area contributed by atoms with Gasteiger partial charge in [-0.25, -0.2) is 0 Å². The lowest BCUT2D eigenvalue weighted by Gasteiger charge is -2.36. The third-order valence-electron chi connectivity index (χ3n) is 3.72. The van der Waals surface area contributed by atoms with E-state index < -0.39 is 0 Å². The zero-order valence-corrected chi connectivity index (χ0v) is 11.8. The second-order valence-electron chi connectivity index (χ2n) is 5.16. The quantitative estimate of drug-likeness (QED) is 0.440. The van der Waals surface area contributed by atoms with Crippen LogP contribution in [0.5, 0.6) is 0 Å². The summed E-state index contributed by atoms with van der Waals surface area (Å²) in [6, 6.07) is 0.639. The molecule has 2 atom stereocenters. The van der Waals surface area contributed by atoms with Gasteiger partial charge in [0.25, 0.3) is 0 Å². The Bertz CT molecular complexity index is 324. The summed E-state index contributed by atoms with van der Waals surface area (Å²) in [4.78, 5) is 2.46. The summed E-state index contributed by atoms with van der Waals surface area (Å²) < 4.78 is 0. The van der Waals surface area contributed by atoms with Crippen LogP contribution in [0.2, 0.25) is 0 Å². The van der Waals surface area contributed by atoms with E-state index in [9.17, 15) is 0 Å². The summed E-state index contributed by atoms with van der Waals surface area (Å²) in [5, 5.41) is 3.14. The first-order valence-electron chi connectivity index (χ1n) is 6.83. The molecule has 2 unspecified atom stereocenters. The molecule has 1 N–H and O–H groups in total. The van der Waals surface area contributed by atoms with Crippen molar-refractivity contribution in [3.8, 4) is 12.3 Å². The summed E-state index contributed by atoms with van der Waals surface area (Å²) in [6.07, 6.45) is 15.3. The average molecular weight is 246 g/mol. The molecule has 1 saturated heterocycles. The van der Waals surface area contributed by atoms with E-state index in [0.29, 0.717) is 12.0 Å². The van der Waals surface area contributed by atoms with E-state index in [1.54, 1.807) is 0 Å². The third kappa shape index (κ3) is 4.98. The predicted molar refractivity (Wildman–Crippen MR) is 79.2 cm³/mol. The lowest BCUT2D eigenvalue weighted by molar-refractivity contribution is 0.155. The zero-order valence-electron chi connectivity index (χ0n) is 11.8. The Hall–Kier alpha value is -1.20. The van der Waals surface area contributed by atoms with Gasteiger partial charge in [-0.05, 0) is 32.2 Å². The number of rotatable bonds is 6. The summed E-state index contributed by atoms with van der Waals surface area (Å²) in [5.74, 6) is 3.36. The van der Waals surface area contributed by atoms with Crippen molar-refractivity contribution >= 4 is 0 Å². The van der Waals surface area contributed by atoms with Crippen LogP contribution < -0.4 is 5.32 Å². The minimum absolute atomic E-state index is 0.639.